The highest BCUT2D eigenvalue weighted by Crippen LogP contribution is 2.54. The summed E-state index contributed by atoms with van der Waals surface area (Å²) in [6.07, 6.45) is 5.38. The van der Waals surface area contributed by atoms with Crippen LogP contribution in [0.15, 0.2) is 18.2 Å². The summed E-state index contributed by atoms with van der Waals surface area (Å²) < 4.78 is 10.9. The molecule has 0 aromatic heterocycles. The third-order valence-corrected chi connectivity index (χ3v) is 6.63. The molecule has 3 aliphatic rings. The van der Waals surface area contributed by atoms with Crippen LogP contribution in [0, 0.1) is 11.8 Å². The number of piperidine rings is 1. The lowest BCUT2D eigenvalue weighted by molar-refractivity contribution is -0.0794. The molecule has 2 bridgehead atoms. The first-order chi connectivity index (χ1) is 12.5. The minimum absolute atomic E-state index is 0. The van der Waals surface area contributed by atoms with E-state index in [1.54, 1.807) is 0 Å². The maximum absolute atomic E-state index is 11.0. The standard InChI is InChI=1S/C21H29NO4.ClH/c1-13(2)19(26-20(23)24)25-15-7-6-14-11-18-16-5-3-4-8-21(16,9-10-22-18)17(14)12-15;/h6-7,12-13,16,18-19,22H,3-5,8-11H2,1-2H3,(H,23,24);1H/t16-,18+,19?,21+;/m0./s1. The lowest BCUT2D eigenvalue weighted by Gasteiger charge is -2.56. The molecule has 1 unspecified atom stereocenters. The van der Waals surface area contributed by atoms with E-state index < -0.39 is 12.4 Å². The molecular weight excluding hydrogens is 366 g/mol. The summed E-state index contributed by atoms with van der Waals surface area (Å²) >= 11 is 0. The number of carboxylic acid groups (broad SMARTS) is 1. The van der Waals surface area contributed by atoms with Crippen LogP contribution in [0.25, 0.3) is 0 Å². The number of hydrogen-bond donors (Lipinski definition) is 2. The Morgan fingerprint density at radius 1 is 1.30 bits per heavy atom. The Kier molecular flexibility index (Phi) is 5.92. The van der Waals surface area contributed by atoms with Crippen molar-refractivity contribution in [3.63, 3.8) is 0 Å². The van der Waals surface area contributed by atoms with Crippen LogP contribution in [0.2, 0.25) is 0 Å². The fourth-order valence-electron chi connectivity index (χ4n) is 5.51. The molecule has 1 saturated heterocycles. The van der Waals surface area contributed by atoms with Crippen LogP contribution < -0.4 is 10.1 Å². The fourth-order valence-corrected chi connectivity index (χ4v) is 5.51. The topological polar surface area (TPSA) is 67.8 Å². The van der Waals surface area contributed by atoms with Gasteiger partial charge in [-0.15, -0.1) is 12.4 Å². The third kappa shape index (κ3) is 3.64. The molecule has 5 nitrogen and oxygen atoms in total. The largest absolute Gasteiger partial charge is 0.508 e. The van der Waals surface area contributed by atoms with Gasteiger partial charge in [-0.25, -0.2) is 4.79 Å². The van der Waals surface area contributed by atoms with E-state index in [1.807, 2.05) is 19.9 Å². The van der Waals surface area contributed by atoms with Gasteiger partial charge in [0.2, 0.25) is 6.29 Å². The number of nitrogens with one attached hydrogen (secondary N) is 1. The zero-order valence-electron chi connectivity index (χ0n) is 16.1. The predicted molar refractivity (Wildman–Crippen MR) is 106 cm³/mol. The van der Waals surface area contributed by atoms with Crippen molar-refractivity contribution >= 4 is 18.6 Å². The quantitative estimate of drug-likeness (QED) is 0.580. The molecule has 2 N–H and O–H groups in total. The molecule has 0 amide bonds. The van der Waals surface area contributed by atoms with Gasteiger partial charge in [0.15, 0.2) is 0 Å². The average molecular weight is 396 g/mol. The Labute approximate surface area is 167 Å². The molecule has 150 valence electrons. The second kappa shape index (κ2) is 7.88. The lowest BCUT2D eigenvalue weighted by atomic mass is 9.53. The third-order valence-electron chi connectivity index (χ3n) is 6.63. The van der Waals surface area contributed by atoms with Gasteiger partial charge in [0, 0.05) is 17.4 Å². The molecule has 6 heteroatoms. The Morgan fingerprint density at radius 2 is 2.11 bits per heavy atom. The van der Waals surface area contributed by atoms with Crippen molar-refractivity contribution in [2.45, 2.75) is 70.1 Å². The molecule has 1 heterocycles. The van der Waals surface area contributed by atoms with Gasteiger partial charge in [-0.2, -0.15) is 0 Å². The molecule has 1 aliphatic heterocycles. The van der Waals surface area contributed by atoms with Gasteiger partial charge in [-0.3, -0.25) is 0 Å². The lowest BCUT2D eigenvalue weighted by Crippen LogP contribution is -2.59. The maximum Gasteiger partial charge on any atom is 0.508 e. The summed E-state index contributed by atoms with van der Waals surface area (Å²) in [4.78, 5) is 11.0. The first-order valence-corrected chi connectivity index (χ1v) is 9.92. The monoisotopic (exact) mass is 395 g/mol. The molecule has 2 aliphatic carbocycles. The van der Waals surface area contributed by atoms with Crippen molar-refractivity contribution < 1.29 is 19.4 Å². The molecule has 4 atom stereocenters. The molecule has 1 aromatic carbocycles. The van der Waals surface area contributed by atoms with Crippen LogP contribution >= 0.6 is 12.4 Å². The number of carbonyl (C=O) groups is 1. The molecule has 1 aromatic rings. The molecule has 1 saturated carbocycles. The number of ether oxygens (including phenoxy) is 2. The Bertz CT molecular complexity index is 691. The van der Waals surface area contributed by atoms with Gasteiger partial charge in [0.25, 0.3) is 0 Å². The number of rotatable bonds is 4. The van der Waals surface area contributed by atoms with Crippen molar-refractivity contribution in [1.82, 2.24) is 5.32 Å². The van der Waals surface area contributed by atoms with E-state index in [-0.39, 0.29) is 23.7 Å². The second-order valence-corrected chi connectivity index (χ2v) is 8.46. The van der Waals surface area contributed by atoms with E-state index in [4.69, 9.17) is 14.6 Å². The normalized spacial score (nSPS) is 29.7. The Balaban J connectivity index is 0.00000210. The van der Waals surface area contributed by atoms with E-state index >= 15 is 0 Å². The van der Waals surface area contributed by atoms with Crippen LogP contribution in [-0.2, 0) is 16.6 Å². The summed E-state index contributed by atoms with van der Waals surface area (Å²) in [5.74, 6) is 1.38. The van der Waals surface area contributed by atoms with Crippen molar-refractivity contribution in [2.75, 3.05) is 6.54 Å². The van der Waals surface area contributed by atoms with Crippen LogP contribution in [0.3, 0.4) is 0 Å². The predicted octanol–water partition coefficient (Wildman–Crippen LogP) is 4.51. The zero-order chi connectivity index (χ0) is 18.3. The van der Waals surface area contributed by atoms with Crippen molar-refractivity contribution in [3.05, 3.63) is 29.3 Å². The summed E-state index contributed by atoms with van der Waals surface area (Å²) in [7, 11) is 0. The van der Waals surface area contributed by atoms with Crippen LogP contribution in [0.5, 0.6) is 5.75 Å². The SMILES string of the molecule is CC(C)C(OC(=O)O)Oc1ccc2c(c1)[C@@]13CCCC[C@H]1[C@@H](C2)NCC3.Cl. The van der Waals surface area contributed by atoms with Gasteiger partial charge < -0.3 is 19.9 Å². The van der Waals surface area contributed by atoms with E-state index in [0.717, 1.165) is 18.7 Å². The number of hydrogen-bond acceptors (Lipinski definition) is 4. The van der Waals surface area contributed by atoms with Crippen LogP contribution in [0.4, 0.5) is 4.79 Å². The summed E-state index contributed by atoms with van der Waals surface area (Å²) in [5.41, 5.74) is 3.13. The van der Waals surface area contributed by atoms with Crippen molar-refractivity contribution in [3.8, 4) is 5.75 Å². The fraction of sp³-hybridized carbons (Fsp3) is 0.667. The van der Waals surface area contributed by atoms with Gasteiger partial charge in [0.1, 0.15) is 5.75 Å². The van der Waals surface area contributed by atoms with E-state index in [2.05, 4.69) is 17.4 Å². The molecule has 27 heavy (non-hydrogen) atoms. The minimum atomic E-state index is -1.30. The number of fused-ring (bicyclic) bond motifs is 1. The molecule has 0 radical (unpaired) electrons. The maximum atomic E-state index is 11.0. The zero-order valence-corrected chi connectivity index (χ0v) is 16.9. The number of halogens is 1. The average Bonchev–Trinajstić information content (AvgIpc) is 2.61. The molecule has 4 rings (SSSR count). The molecular formula is C21H30ClNO4. The van der Waals surface area contributed by atoms with Crippen LogP contribution in [-0.4, -0.2) is 30.1 Å². The van der Waals surface area contributed by atoms with Gasteiger partial charge in [-0.05, 0) is 61.4 Å². The van der Waals surface area contributed by atoms with E-state index in [0.29, 0.717) is 12.0 Å². The molecule has 2 fully saturated rings. The van der Waals surface area contributed by atoms with E-state index in [1.165, 1.54) is 43.2 Å². The van der Waals surface area contributed by atoms with E-state index in [9.17, 15) is 4.79 Å². The summed E-state index contributed by atoms with van der Waals surface area (Å²) in [5, 5.41) is 12.7. The van der Waals surface area contributed by atoms with Gasteiger partial charge >= 0.3 is 6.16 Å². The molecule has 0 spiro atoms. The van der Waals surface area contributed by atoms with Gasteiger partial charge in [0.05, 0.1) is 0 Å². The Morgan fingerprint density at radius 3 is 2.85 bits per heavy atom. The van der Waals surface area contributed by atoms with Crippen molar-refractivity contribution in [2.24, 2.45) is 11.8 Å². The van der Waals surface area contributed by atoms with Gasteiger partial charge in [-0.1, -0.05) is 32.8 Å². The van der Waals surface area contributed by atoms with Crippen molar-refractivity contribution in [1.29, 1.82) is 0 Å². The minimum Gasteiger partial charge on any atom is -0.454 e. The highest BCUT2D eigenvalue weighted by molar-refractivity contribution is 5.85. The summed E-state index contributed by atoms with van der Waals surface area (Å²) in [6, 6.07) is 6.92. The first-order valence-electron chi connectivity index (χ1n) is 9.92. The highest BCUT2D eigenvalue weighted by Gasteiger charge is 2.51. The second-order valence-electron chi connectivity index (χ2n) is 8.46. The smallest absolute Gasteiger partial charge is 0.454 e. The Hall–Kier alpha value is -1.46. The highest BCUT2D eigenvalue weighted by atomic mass is 35.5. The van der Waals surface area contributed by atoms with Crippen LogP contribution in [0.1, 0.15) is 57.1 Å². The number of benzene rings is 1. The summed E-state index contributed by atoms with van der Waals surface area (Å²) in [6.45, 7) is 4.89. The first kappa shape index (κ1) is 20.3.